The van der Waals surface area contributed by atoms with Crippen LogP contribution in [0.4, 0.5) is 5.69 Å². The van der Waals surface area contributed by atoms with Crippen LogP contribution in [-0.2, 0) is 27.7 Å². The lowest BCUT2D eigenvalue weighted by Crippen LogP contribution is -2.21. The molecule has 0 heterocycles. The molecule has 0 aliphatic heterocycles. The highest BCUT2D eigenvalue weighted by Gasteiger charge is 2.14. The molecule has 132 valence electrons. The first kappa shape index (κ1) is 17.4. The molecule has 6 nitrogen and oxygen atoms in total. The number of carbonyl (C=O) groups excluding carboxylic acids is 1. The van der Waals surface area contributed by atoms with E-state index in [1.54, 1.807) is 19.1 Å². The summed E-state index contributed by atoms with van der Waals surface area (Å²) < 4.78 is 28.6. The number of amides is 1. The van der Waals surface area contributed by atoms with Gasteiger partial charge in [0.05, 0.1) is 4.90 Å². The summed E-state index contributed by atoms with van der Waals surface area (Å²) in [5, 5.41) is 7.79. The number of primary sulfonamides is 1. The van der Waals surface area contributed by atoms with Gasteiger partial charge in [0.15, 0.2) is 6.61 Å². The van der Waals surface area contributed by atoms with Gasteiger partial charge >= 0.3 is 0 Å². The second kappa shape index (κ2) is 6.85. The Labute approximate surface area is 147 Å². The average molecular weight is 360 g/mol. The Bertz CT molecular complexity index is 923. The van der Waals surface area contributed by atoms with E-state index in [9.17, 15) is 13.2 Å². The molecule has 3 rings (SSSR count). The molecule has 0 spiro atoms. The molecule has 3 N–H and O–H groups in total. The third kappa shape index (κ3) is 4.18. The van der Waals surface area contributed by atoms with E-state index in [2.05, 4.69) is 5.32 Å². The molecule has 2 aromatic carbocycles. The van der Waals surface area contributed by atoms with E-state index in [1.807, 2.05) is 18.2 Å². The van der Waals surface area contributed by atoms with Crippen LogP contribution >= 0.6 is 0 Å². The predicted molar refractivity (Wildman–Crippen MR) is 95.1 cm³/mol. The minimum atomic E-state index is -3.84. The zero-order valence-corrected chi connectivity index (χ0v) is 14.7. The van der Waals surface area contributed by atoms with E-state index in [4.69, 9.17) is 9.88 Å². The Morgan fingerprint density at radius 3 is 2.68 bits per heavy atom. The fourth-order valence-electron chi connectivity index (χ4n) is 2.97. The topological polar surface area (TPSA) is 98.5 Å². The summed E-state index contributed by atoms with van der Waals surface area (Å²) in [5.41, 5.74) is 3.49. The molecule has 0 unspecified atom stereocenters. The molecule has 25 heavy (non-hydrogen) atoms. The van der Waals surface area contributed by atoms with Crippen LogP contribution < -0.4 is 15.2 Å². The van der Waals surface area contributed by atoms with Gasteiger partial charge in [0.2, 0.25) is 10.0 Å². The maximum absolute atomic E-state index is 12.0. The van der Waals surface area contributed by atoms with Crippen molar-refractivity contribution in [2.45, 2.75) is 31.1 Å². The average Bonchev–Trinajstić information content (AvgIpc) is 3.01. The van der Waals surface area contributed by atoms with Crippen molar-refractivity contribution in [1.82, 2.24) is 0 Å². The Morgan fingerprint density at radius 1 is 1.16 bits per heavy atom. The highest BCUT2D eigenvalue weighted by atomic mass is 32.2. The smallest absolute Gasteiger partial charge is 0.262 e. The van der Waals surface area contributed by atoms with Gasteiger partial charge in [0, 0.05) is 5.69 Å². The SMILES string of the molecule is Cc1ccc(NC(=O)COc2ccc3c(c2)CCC3)cc1S(N)(=O)=O. The standard InChI is InChI=1S/C18H20N2O4S/c1-12-5-7-15(10-17(12)25(19,22)23)20-18(21)11-24-16-8-6-13-3-2-4-14(13)9-16/h5-10H,2-4,11H2,1H3,(H,20,21)(H2,19,22,23). The summed E-state index contributed by atoms with van der Waals surface area (Å²) in [7, 11) is -3.84. The number of benzene rings is 2. The predicted octanol–water partition coefficient (Wildman–Crippen LogP) is 2.15. The van der Waals surface area contributed by atoms with Gasteiger partial charge in [-0.1, -0.05) is 12.1 Å². The molecule has 0 saturated carbocycles. The molecule has 0 bridgehead atoms. The van der Waals surface area contributed by atoms with Crippen LogP contribution in [0.1, 0.15) is 23.1 Å². The number of aryl methyl sites for hydroxylation is 3. The number of anilines is 1. The van der Waals surface area contributed by atoms with Gasteiger partial charge in [0.25, 0.3) is 5.91 Å². The zero-order chi connectivity index (χ0) is 18.0. The second-order valence-electron chi connectivity index (χ2n) is 6.15. The van der Waals surface area contributed by atoms with E-state index in [0.29, 0.717) is 17.0 Å². The van der Waals surface area contributed by atoms with Gasteiger partial charge in [-0.15, -0.1) is 0 Å². The van der Waals surface area contributed by atoms with Crippen molar-refractivity contribution >= 4 is 21.6 Å². The summed E-state index contributed by atoms with van der Waals surface area (Å²) in [4.78, 5) is 12.0. The second-order valence-corrected chi connectivity index (χ2v) is 7.68. The summed E-state index contributed by atoms with van der Waals surface area (Å²) in [6, 6.07) is 10.4. The normalized spacial score (nSPS) is 13.4. The molecule has 1 aliphatic rings. The fraction of sp³-hybridized carbons (Fsp3) is 0.278. The quantitative estimate of drug-likeness (QED) is 0.853. The van der Waals surface area contributed by atoms with Crippen molar-refractivity contribution in [3.63, 3.8) is 0 Å². The molecule has 0 atom stereocenters. The number of hydrogen-bond donors (Lipinski definition) is 2. The van der Waals surface area contributed by atoms with Gasteiger partial charge in [-0.25, -0.2) is 13.6 Å². The van der Waals surface area contributed by atoms with E-state index in [0.717, 1.165) is 19.3 Å². The summed E-state index contributed by atoms with van der Waals surface area (Å²) in [6.45, 7) is 1.49. The van der Waals surface area contributed by atoms with Crippen LogP contribution in [0.15, 0.2) is 41.3 Å². The van der Waals surface area contributed by atoms with Crippen LogP contribution in [0.5, 0.6) is 5.75 Å². The maximum Gasteiger partial charge on any atom is 0.262 e. The molecule has 0 radical (unpaired) electrons. The first-order valence-electron chi connectivity index (χ1n) is 8.01. The first-order valence-corrected chi connectivity index (χ1v) is 9.55. The van der Waals surface area contributed by atoms with Crippen molar-refractivity contribution in [3.05, 3.63) is 53.1 Å². The van der Waals surface area contributed by atoms with Crippen LogP contribution in [-0.4, -0.2) is 20.9 Å². The van der Waals surface area contributed by atoms with Gasteiger partial charge in [-0.05, 0) is 67.1 Å². The number of rotatable bonds is 5. The highest BCUT2D eigenvalue weighted by molar-refractivity contribution is 7.89. The van der Waals surface area contributed by atoms with E-state index in [-0.39, 0.29) is 17.4 Å². The Morgan fingerprint density at radius 2 is 1.92 bits per heavy atom. The number of nitrogens with two attached hydrogens (primary N) is 1. The van der Waals surface area contributed by atoms with Gasteiger partial charge < -0.3 is 10.1 Å². The third-order valence-electron chi connectivity index (χ3n) is 4.22. The van der Waals surface area contributed by atoms with Gasteiger partial charge in [-0.2, -0.15) is 0 Å². The fourth-order valence-corrected chi connectivity index (χ4v) is 3.78. The zero-order valence-electron chi connectivity index (χ0n) is 13.9. The van der Waals surface area contributed by atoms with Crippen molar-refractivity contribution in [2.24, 2.45) is 5.14 Å². The number of carbonyl (C=O) groups is 1. The largest absolute Gasteiger partial charge is 0.484 e. The van der Waals surface area contributed by atoms with Gasteiger partial charge in [-0.3, -0.25) is 4.79 Å². The monoisotopic (exact) mass is 360 g/mol. The molecule has 1 aliphatic carbocycles. The number of nitrogens with one attached hydrogen (secondary N) is 1. The number of sulfonamides is 1. The number of fused-ring (bicyclic) bond motifs is 1. The Hall–Kier alpha value is -2.38. The van der Waals surface area contributed by atoms with Crippen molar-refractivity contribution < 1.29 is 17.9 Å². The van der Waals surface area contributed by atoms with Crippen LogP contribution in [0, 0.1) is 6.92 Å². The maximum atomic E-state index is 12.0. The molecule has 2 aromatic rings. The van der Waals surface area contributed by atoms with Crippen molar-refractivity contribution in [3.8, 4) is 5.75 Å². The molecular weight excluding hydrogens is 340 g/mol. The van der Waals surface area contributed by atoms with Crippen molar-refractivity contribution in [2.75, 3.05) is 11.9 Å². The lowest BCUT2D eigenvalue weighted by atomic mass is 10.1. The van der Waals surface area contributed by atoms with E-state index in [1.165, 1.54) is 17.2 Å². The van der Waals surface area contributed by atoms with Crippen LogP contribution in [0.25, 0.3) is 0 Å². The highest BCUT2D eigenvalue weighted by Crippen LogP contribution is 2.26. The molecular formula is C18H20N2O4S. The Kier molecular flexibility index (Phi) is 4.78. The number of hydrogen-bond acceptors (Lipinski definition) is 4. The van der Waals surface area contributed by atoms with Gasteiger partial charge in [0.1, 0.15) is 5.75 Å². The molecule has 7 heteroatoms. The molecule has 1 amide bonds. The third-order valence-corrected chi connectivity index (χ3v) is 5.27. The first-order chi connectivity index (χ1) is 11.8. The van der Waals surface area contributed by atoms with Crippen LogP contribution in [0.2, 0.25) is 0 Å². The Balaban J connectivity index is 1.63. The lowest BCUT2D eigenvalue weighted by molar-refractivity contribution is -0.118. The molecule has 0 aromatic heterocycles. The summed E-state index contributed by atoms with van der Waals surface area (Å²) in [6.07, 6.45) is 3.29. The minimum absolute atomic E-state index is 0.00941. The summed E-state index contributed by atoms with van der Waals surface area (Å²) in [5.74, 6) is 0.287. The molecule has 0 fully saturated rings. The minimum Gasteiger partial charge on any atom is -0.484 e. The number of ether oxygens (including phenoxy) is 1. The lowest BCUT2D eigenvalue weighted by Gasteiger charge is -2.10. The summed E-state index contributed by atoms with van der Waals surface area (Å²) >= 11 is 0. The van der Waals surface area contributed by atoms with Crippen LogP contribution in [0.3, 0.4) is 0 Å². The van der Waals surface area contributed by atoms with E-state index < -0.39 is 10.0 Å². The van der Waals surface area contributed by atoms with Crippen molar-refractivity contribution in [1.29, 1.82) is 0 Å². The molecule has 0 saturated heterocycles. The van der Waals surface area contributed by atoms with E-state index >= 15 is 0 Å².